The van der Waals surface area contributed by atoms with Gasteiger partial charge in [0.15, 0.2) is 0 Å². The van der Waals surface area contributed by atoms with E-state index < -0.39 is 0 Å². The Morgan fingerprint density at radius 2 is 1.85 bits per heavy atom. The van der Waals surface area contributed by atoms with E-state index in [1.54, 1.807) is 0 Å². The number of hydrogen-bond donors (Lipinski definition) is 1. The first-order valence-electron chi connectivity index (χ1n) is 8.68. The smallest absolute Gasteiger partial charge is 0.244 e. The van der Waals surface area contributed by atoms with Gasteiger partial charge < -0.3 is 10.3 Å². The molecule has 1 unspecified atom stereocenters. The number of benzene rings is 2. The largest absolute Gasteiger partial charge is 0.337 e. The second-order valence-corrected chi connectivity index (χ2v) is 6.52. The first-order chi connectivity index (χ1) is 12.2. The Balaban J connectivity index is 0.00000196. The summed E-state index contributed by atoms with van der Waals surface area (Å²) in [5.74, 6) is 1.29. The molecule has 4 rings (SSSR count). The maximum absolute atomic E-state index is 5.64. The van der Waals surface area contributed by atoms with Gasteiger partial charge in [-0.05, 0) is 30.0 Å². The number of rotatable bonds is 4. The van der Waals surface area contributed by atoms with Gasteiger partial charge in [0, 0.05) is 25.2 Å². The van der Waals surface area contributed by atoms with Crippen molar-refractivity contribution < 1.29 is 4.52 Å². The lowest BCUT2D eigenvalue weighted by molar-refractivity contribution is 0.158. The highest BCUT2D eigenvalue weighted by atomic mass is 35.5. The molecule has 1 aromatic heterocycles. The van der Waals surface area contributed by atoms with Crippen molar-refractivity contribution in [3.63, 3.8) is 0 Å². The van der Waals surface area contributed by atoms with Crippen LogP contribution in [0, 0.1) is 0 Å². The van der Waals surface area contributed by atoms with Gasteiger partial charge in [-0.2, -0.15) is 4.98 Å². The van der Waals surface area contributed by atoms with Gasteiger partial charge in [0.05, 0.1) is 6.04 Å². The summed E-state index contributed by atoms with van der Waals surface area (Å²) in [4.78, 5) is 7.00. The average molecular weight is 371 g/mol. The third kappa shape index (κ3) is 3.65. The number of halogens is 1. The summed E-state index contributed by atoms with van der Waals surface area (Å²) in [6, 6.07) is 16.7. The summed E-state index contributed by atoms with van der Waals surface area (Å²) in [7, 11) is 0. The first-order valence-corrected chi connectivity index (χ1v) is 8.68. The van der Waals surface area contributed by atoms with Crippen molar-refractivity contribution in [1.29, 1.82) is 0 Å². The summed E-state index contributed by atoms with van der Waals surface area (Å²) in [6.07, 6.45) is 1.06. The van der Waals surface area contributed by atoms with Crippen LogP contribution in [-0.2, 0) is 19.5 Å². The van der Waals surface area contributed by atoms with E-state index in [9.17, 15) is 0 Å². The van der Waals surface area contributed by atoms with E-state index in [2.05, 4.69) is 46.2 Å². The van der Waals surface area contributed by atoms with Crippen LogP contribution in [0.25, 0.3) is 11.4 Å². The quantitative estimate of drug-likeness (QED) is 0.757. The summed E-state index contributed by atoms with van der Waals surface area (Å²) in [5, 5.41) is 4.16. The van der Waals surface area contributed by atoms with Crippen LogP contribution < -0.4 is 5.73 Å². The van der Waals surface area contributed by atoms with Gasteiger partial charge in [0.25, 0.3) is 0 Å². The summed E-state index contributed by atoms with van der Waals surface area (Å²) < 4.78 is 5.55. The van der Waals surface area contributed by atoms with Crippen LogP contribution in [0.1, 0.15) is 35.5 Å². The molecule has 0 saturated heterocycles. The third-order valence-corrected chi connectivity index (χ3v) is 4.95. The number of aromatic nitrogens is 2. The maximum Gasteiger partial charge on any atom is 0.244 e. The minimum absolute atomic E-state index is 0. The van der Waals surface area contributed by atoms with Crippen molar-refractivity contribution in [3.05, 3.63) is 71.1 Å². The predicted octanol–water partition coefficient (Wildman–Crippen LogP) is 3.74. The minimum Gasteiger partial charge on any atom is -0.337 e. The maximum atomic E-state index is 5.64. The Morgan fingerprint density at radius 1 is 1.12 bits per heavy atom. The Labute approximate surface area is 159 Å². The zero-order valence-corrected chi connectivity index (χ0v) is 15.6. The Morgan fingerprint density at radius 3 is 2.58 bits per heavy atom. The van der Waals surface area contributed by atoms with Crippen molar-refractivity contribution in [3.8, 4) is 11.4 Å². The zero-order chi connectivity index (χ0) is 17.2. The van der Waals surface area contributed by atoms with Gasteiger partial charge in [0.2, 0.25) is 11.7 Å². The van der Waals surface area contributed by atoms with Crippen LogP contribution in [0.2, 0.25) is 0 Å². The van der Waals surface area contributed by atoms with E-state index in [-0.39, 0.29) is 18.4 Å². The molecule has 136 valence electrons. The van der Waals surface area contributed by atoms with Crippen molar-refractivity contribution >= 4 is 12.4 Å². The highest BCUT2D eigenvalue weighted by Crippen LogP contribution is 2.28. The fraction of sp³-hybridized carbons (Fsp3) is 0.300. The van der Waals surface area contributed by atoms with Gasteiger partial charge in [-0.1, -0.05) is 53.7 Å². The van der Waals surface area contributed by atoms with E-state index in [1.807, 2.05) is 24.3 Å². The van der Waals surface area contributed by atoms with Crippen LogP contribution >= 0.6 is 12.4 Å². The summed E-state index contributed by atoms with van der Waals surface area (Å²) in [5.41, 5.74) is 10.5. The van der Waals surface area contributed by atoms with E-state index in [0.29, 0.717) is 18.3 Å². The molecule has 2 aromatic carbocycles. The number of nitrogens with two attached hydrogens (primary N) is 1. The van der Waals surface area contributed by atoms with Gasteiger partial charge in [-0.3, -0.25) is 4.90 Å². The van der Waals surface area contributed by atoms with Crippen LogP contribution in [0.15, 0.2) is 53.1 Å². The molecule has 0 spiro atoms. The second-order valence-electron chi connectivity index (χ2n) is 6.52. The molecule has 2 N–H and O–H groups in total. The average Bonchev–Trinajstić information content (AvgIpc) is 3.17. The van der Waals surface area contributed by atoms with E-state index in [0.717, 1.165) is 30.6 Å². The number of hydrogen-bond acceptors (Lipinski definition) is 5. The van der Waals surface area contributed by atoms with Crippen molar-refractivity contribution in [1.82, 2.24) is 15.0 Å². The summed E-state index contributed by atoms with van der Waals surface area (Å²) in [6.45, 7) is 4.58. The molecule has 0 amide bonds. The SMILES string of the molecule is CC(c1nc(-c2ccc(CN)cc2)no1)N1CCc2ccccc2C1.Cl. The molecule has 0 fully saturated rings. The molecular formula is C20H23ClN4O. The van der Waals surface area contributed by atoms with E-state index in [4.69, 9.17) is 10.3 Å². The minimum atomic E-state index is 0. The standard InChI is InChI=1S/C20H22N4O.ClH/c1-14(24-11-10-16-4-2-3-5-18(16)13-24)20-22-19(23-25-20)17-8-6-15(12-21)7-9-17;/h2-9,14H,10-13,21H2,1H3;1H. The Kier molecular flexibility index (Phi) is 5.71. The molecule has 1 aliphatic rings. The zero-order valence-electron chi connectivity index (χ0n) is 14.8. The molecule has 6 heteroatoms. The first kappa shape index (κ1) is 18.6. The summed E-state index contributed by atoms with van der Waals surface area (Å²) >= 11 is 0. The molecule has 0 bridgehead atoms. The fourth-order valence-corrected chi connectivity index (χ4v) is 3.32. The molecule has 1 aliphatic heterocycles. The highest BCUT2D eigenvalue weighted by Gasteiger charge is 2.25. The van der Waals surface area contributed by atoms with E-state index in [1.165, 1.54) is 11.1 Å². The topological polar surface area (TPSA) is 68.2 Å². The normalized spacial score (nSPS) is 15.2. The van der Waals surface area contributed by atoms with Gasteiger partial charge in [-0.25, -0.2) is 0 Å². The second kappa shape index (κ2) is 7.99. The van der Waals surface area contributed by atoms with Crippen LogP contribution in [0.3, 0.4) is 0 Å². The van der Waals surface area contributed by atoms with Crippen LogP contribution in [0.5, 0.6) is 0 Å². The monoisotopic (exact) mass is 370 g/mol. The predicted molar refractivity (Wildman–Crippen MR) is 104 cm³/mol. The van der Waals surface area contributed by atoms with Gasteiger partial charge >= 0.3 is 0 Å². The number of nitrogens with zero attached hydrogens (tertiary/aromatic N) is 3. The Bertz CT molecular complexity index is 862. The molecule has 0 saturated carbocycles. The number of fused-ring (bicyclic) bond motifs is 1. The van der Waals surface area contributed by atoms with Crippen LogP contribution in [0.4, 0.5) is 0 Å². The molecule has 26 heavy (non-hydrogen) atoms. The molecule has 0 aliphatic carbocycles. The molecule has 5 nitrogen and oxygen atoms in total. The van der Waals surface area contributed by atoms with Crippen molar-refractivity contribution in [2.75, 3.05) is 6.54 Å². The molecule has 3 aromatic rings. The van der Waals surface area contributed by atoms with Crippen molar-refractivity contribution in [2.24, 2.45) is 5.73 Å². The van der Waals surface area contributed by atoms with Crippen LogP contribution in [-0.4, -0.2) is 21.6 Å². The van der Waals surface area contributed by atoms with Gasteiger partial charge in [-0.15, -0.1) is 12.4 Å². The fourth-order valence-electron chi connectivity index (χ4n) is 3.32. The van der Waals surface area contributed by atoms with E-state index >= 15 is 0 Å². The molecule has 0 radical (unpaired) electrons. The Hall–Kier alpha value is -2.21. The van der Waals surface area contributed by atoms with Gasteiger partial charge in [0.1, 0.15) is 0 Å². The third-order valence-electron chi connectivity index (χ3n) is 4.95. The molecular weight excluding hydrogens is 348 g/mol. The molecule has 2 heterocycles. The highest BCUT2D eigenvalue weighted by molar-refractivity contribution is 5.85. The van der Waals surface area contributed by atoms with Crippen molar-refractivity contribution in [2.45, 2.75) is 32.5 Å². The lowest BCUT2D eigenvalue weighted by Gasteiger charge is -2.31. The lowest BCUT2D eigenvalue weighted by atomic mass is 9.99. The lowest BCUT2D eigenvalue weighted by Crippen LogP contribution is -2.33. The molecule has 1 atom stereocenters.